The first-order valence-corrected chi connectivity index (χ1v) is 6.49. The molecule has 1 saturated carbocycles. The van der Waals surface area contributed by atoms with Crippen LogP contribution in [0.5, 0.6) is 0 Å². The maximum atomic E-state index is 11.4. The van der Waals surface area contributed by atoms with Gasteiger partial charge in [0.25, 0.3) is 0 Å². The van der Waals surface area contributed by atoms with Crippen molar-refractivity contribution >= 4 is 22.0 Å². The lowest BCUT2D eigenvalue weighted by Gasteiger charge is -2.05. The average molecular weight is 295 g/mol. The molecule has 1 aliphatic carbocycles. The van der Waals surface area contributed by atoms with Crippen LogP contribution in [0.4, 0.5) is 4.79 Å². The molecular weight excluding hydrogens is 280 g/mol. The van der Waals surface area contributed by atoms with Gasteiger partial charge in [0.2, 0.25) is 0 Å². The molecule has 0 aromatic heterocycles. The van der Waals surface area contributed by atoms with Gasteiger partial charge in [-0.05, 0) is 36.5 Å². The van der Waals surface area contributed by atoms with E-state index < -0.39 is 0 Å². The van der Waals surface area contributed by atoms with Crippen LogP contribution in [0.2, 0.25) is 0 Å². The Bertz CT molecular complexity index is 427. The van der Waals surface area contributed by atoms with E-state index in [1.54, 1.807) is 6.20 Å². The van der Waals surface area contributed by atoms with E-state index in [4.69, 9.17) is 0 Å². The number of benzene rings is 1. The monoisotopic (exact) mass is 294 g/mol. The lowest BCUT2D eigenvalue weighted by atomic mass is 10.2. The van der Waals surface area contributed by atoms with E-state index in [2.05, 4.69) is 26.6 Å². The quantitative estimate of drug-likeness (QED) is 0.880. The molecule has 2 amide bonds. The largest absolute Gasteiger partial charge is 0.334 e. The van der Waals surface area contributed by atoms with Crippen molar-refractivity contribution < 1.29 is 4.79 Å². The zero-order chi connectivity index (χ0) is 12.1. The third kappa shape index (κ3) is 4.61. The molecule has 3 nitrogen and oxygen atoms in total. The van der Waals surface area contributed by atoms with Gasteiger partial charge in [-0.1, -0.05) is 34.1 Å². The Balaban J connectivity index is 1.71. The first kappa shape index (κ1) is 12.2. The predicted octanol–water partition coefficient (Wildman–Crippen LogP) is 3.17. The molecular formula is C13H15BrN2O. The molecule has 0 unspecified atom stereocenters. The van der Waals surface area contributed by atoms with E-state index in [-0.39, 0.29) is 6.03 Å². The van der Waals surface area contributed by atoms with Crippen molar-refractivity contribution in [1.82, 2.24) is 10.6 Å². The van der Waals surface area contributed by atoms with Crippen LogP contribution in [0.1, 0.15) is 18.4 Å². The topological polar surface area (TPSA) is 41.1 Å². The summed E-state index contributed by atoms with van der Waals surface area (Å²) in [4.78, 5) is 11.4. The number of hydrogen-bond donors (Lipinski definition) is 2. The van der Waals surface area contributed by atoms with Crippen molar-refractivity contribution in [3.63, 3.8) is 0 Å². The van der Waals surface area contributed by atoms with Gasteiger partial charge in [-0.15, -0.1) is 0 Å². The average Bonchev–Trinajstić information content (AvgIpc) is 3.11. The van der Waals surface area contributed by atoms with Crippen LogP contribution in [0, 0.1) is 5.92 Å². The van der Waals surface area contributed by atoms with Crippen molar-refractivity contribution in [3.05, 3.63) is 46.6 Å². The summed E-state index contributed by atoms with van der Waals surface area (Å²) in [6.45, 7) is 0.530. The fourth-order valence-electron chi connectivity index (χ4n) is 1.43. The highest BCUT2D eigenvalue weighted by atomic mass is 79.9. The first-order chi connectivity index (χ1) is 8.24. The van der Waals surface area contributed by atoms with Crippen LogP contribution >= 0.6 is 15.9 Å². The van der Waals surface area contributed by atoms with Crippen molar-refractivity contribution in [1.29, 1.82) is 0 Å². The van der Waals surface area contributed by atoms with Crippen molar-refractivity contribution in [2.45, 2.75) is 19.4 Å². The van der Waals surface area contributed by atoms with Gasteiger partial charge in [0, 0.05) is 17.2 Å². The summed E-state index contributed by atoms with van der Waals surface area (Å²) in [5.74, 6) is 0.681. The molecule has 0 saturated heterocycles. The molecule has 1 aromatic rings. The minimum atomic E-state index is -0.165. The van der Waals surface area contributed by atoms with Gasteiger partial charge in [-0.25, -0.2) is 4.79 Å². The number of carbonyl (C=O) groups is 1. The highest BCUT2D eigenvalue weighted by Crippen LogP contribution is 2.29. The maximum Gasteiger partial charge on any atom is 0.319 e. The molecule has 0 spiro atoms. The Morgan fingerprint density at radius 2 is 2.29 bits per heavy atom. The summed E-state index contributed by atoms with van der Waals surface area (Å²) in [6, 6.07) is 7.71. The number of carbonyl (C=O) groups excluding carboxylic acids is 1. The summed E-state index contributed by atoms with van der Waals surface area (Å²) in [6.07, 6.45) is 6.27. The summed E-state index contributed by atoms with van der Waals surface area (Å²) in [5.41, 5.74) is 1.07. The molecule has 0 bridgehead atoms. The molecule has 2 rings (SSSR count). The number of allylic oxidation sites excluding steroid dienone is 1. The van der Waals surface area contributed by atoms with Crippen LogP contribution in [0.3, 0.4) is 0 Å². The third-order valence-corrected chi connectivity index (χ3v) is 3.04. The second-order valence-corrected chi connectivity index (χ2v) is 5.07. The zero-order valence-electron chi connectivity index (χ0n) is 9.45. The van der Waals surface area contributed by atoms with Crippen LogP contribution in [0.25, 0.3) is 0 Å². The van der Waals surface area contributed by atoms with Gasteiger partial charge < -0.3 is 10.6 Å². The number of rotatable bonds is 4. The normalized spacial score (nSPS) is 14.9. The molecule has 1 fully saturated rings. The number of urea groups is 1. The van der Waals surface area contributed by atoms with Crippen molar-refractivity contribution in [2.24, 2.45) is 5.92 Å². The zero-order valence-corrected chi connectivity index (χ0v) is 11.0. The van der Waals surface area contributed by atoms with E-state index in [1.165, 1.54) is 12.8 Å². The van der Waals surface area contributed by atoms with Gasteiger partial charge in [0.05, 0.1) is 0 Å². The van der Waals surface area contributed by atoms with Gasteiger partial charge in [0.1, 0.15) is 0 Å². The fourth-order valence-corrected chi connectivity index (χ4v) is 1.88. The predicted molar refractivity (Wildman–Crippen MR) is 71.4 cm³/mol. The van der Waals surface area contributed by atoms with Crippen molar-refractivity contribution in [3.8, 4) is 0 Å². The molecule has 2 N–H and O–H groups in total. The van der Waals surface area contributed by atoms with Crippen LogP contribution in [0.15, 0.2) is 41.0 Å². The highest BCUT2D eigenvalue weighted by molar-refractivity contribution is 9.10. The van der Waals surface area contributed by atoms with Gasteiger partial charge in [-0.2, -0.15) is 0 Å². The number of halogens is 1. The minimum absolute atomic E-state index is 0.165. The number of amides is 2. The third-order valence-electron chi connectivity index (χ3n) is 2.55. The molecule has 0 aliphatic heterocycles. The highest BCUT2D eigenvalue weighted by Gasteiger charge is 2.16. The summed E-state index contributed by atoms with van der Waals surface area (Å²) in [7, 11) is 0. The lowest BCUT2D eigenvalue weighted by molar-refractivity contribution is 0.243. The molecule has 1 aliphatic rings. The molecule has 0 radical (unpaired) electrons. The van der Waals surface area contributed by atoms with E-state index in [9.17, 15) is 4.79 Å². The Morgan fingerprint density at radius 3 is 3.00 bits per heavy atom. The summed E-state index contributed by atoms with van der Waals surface area (Å²) in [5, 5.41) is 5.49. The summed E-state index contributed by atoms with van der Waals surface area (Å²) < 4.78 is 1.02. The maximum absolute atomic E-state index is 11.4. The standard InChI is InChI=1S/C13H15BrN2O/c14-12-3-1-2-11(8-12)9-16-13(17)15-7-6-10-4-5-10/h1-3,6-8,10H,4-5,9H2,(H2,15,16,17)/b7-6+. The fraction of sp³-hybridized carbons (Fsp3) is 0.308. The Labute approximate surface area is 109 Å². The van der Waals surface area contributed by atoms with Crippen LogP contribution < -0.4 is 10.6 Å². The molecule has 90 valence electrons. The Morgan fingerprint density at radius 1 is 1.47 bits per heavy atom. The smallest absolute Gasteiger partial charge is 0.319 e. The van der Waals surface area contributed by atoms with Gasteiger partial charge in [-0.3, -0.25) is 0 Å². The van der Waals surface area contributed by atoms with Crippen LogP contribution in [-0.4, -0.2) is 6.03 Å². The van der Waals surface area contributed by atoms with E-state index >= 15 is 0 Å². The Kier molecular flexibility index (Phi) is 4.20. The SMILES string of the molecule is O=C(N/C=C/C1CC1)NCc1cccc(Br)c1. The van der Waals surface area contributed by atoms with Crippen molar-refractivity contribution in [2.75, 3.05) is 0 Å². The first-order valence-electron chi connectivity index (χ1n) is 5.69. The molecule has 1 aromatic carbocycles. The molecule has 4 heteroatoms. The van der Waals surface area contributed by atoms with Gasteiger partial charge >= 0.3 is 6.03 Å². The van der Waals surface area contributed by atoms with E-state index in [0.717, 1.165) is 10.0 Å². The second kappa shape index (κ2) is 5.87. The Hall–Kier alpha value is -1.29. The minimum Gasteiger partial charge on any atom is -0.334 e. The molecule has 0 atom stereocenters. The lowest BCUT2D eigenvalue weighted by Crippen LogP contribution is -2.31. The molecule has 17 heavy (non-hydrogen) atoms. The summed E-state index contributed by atoms with van der Waals surface area (Å²) >= 11 is 3.39. The van der Waals surface area contributed by atoms with Crippen LogP contribution in [-0.2, 0) is 6.54 Å². The number of hydrogen-bond acceptors (Lipinski definition) is 1. The molecule has 0 heterocycles. The van der Waals surface area contributed by atoms with Gasteiger partial charge in [0.15, 0.2) is 0 Å². The second-order valence-electron chi connectivity index (χ2n) is 4.15. The number of nitrogens with one attached hydrogen (secondary N) is 2. The van der Waals surface area contributed by atoms with E-state index in [0.29, 0.717) is 12.5 Å². The van der Waals surface area contributed by atoms with E-state index in [1.807, 2.05) is 30.3 Å².